The Labute approximate surface area is 130 Å². The average Bonchev–Trinajstić information content (AvgIpc) is 2.48. The Kier molecular flexibility index (Phi) is 5.61. The monoisotopic (exact) mass is 310 g/mol. The molecule has 0 spiro atoms. The van der Waals surface area contributed by atoms with Gasteiger partial charge in [0, 0.05) is 24.8 Å². The van der Waals surface area contributed by atoms with Crippen molar-refractivity contribution in [2.75, 3.05) is 13.1 Å². The lowest BCUT2D eigenvalue weighted by molar-refractivity contribution is 0.154. The number of aliphatic hydroxyl groups excluding tert-OH is 2. The highest BCUT2D eigenvalue weighted by molar-refractivity contribution is 5.30. The van der Waals surface area contributed by atoms with Gasteiger partial charge >= 0.3 is 0 Å². The van der Waals surface area contributed by atoms with Crippen LogP contribution in [-0.4, -0.2) is 44.0 Å². The molecule has 1 aromatic rings. The van der Waals surface area contributed by atoms with Crippen LogP contribution in [0, 0.1) is 5.92 Å². The molecular weight excluding hydrogens is 284 g/mol. The molecule has 6 heteroatoms. The summed E-state index contributed by atoms with van der Waals surface area (Å²) in [6, 6.07) is 1.24. The zero-order chi connectivity index (χ0) is 16.3. The normalized spacial score (nSPS) is 18.5. The van der Waals surface area contributed by atoms with Crippen LogP contribution in [0.3, 0.4) is 0 Å². The molecule has 3 N–H and O–H groups in total. The quantitative estimate of drug-likeness (QED) is 0.744. The highest BCUT2D eigenvalue weighted by atomic mass is 16.3. The number of pyridine rings is 1. The molecule has 0 aromatic carbocycles. The number of hydrogen-bond acceptors (Lipinski definition) is 5. The van der Waals surface area contributed by atoms with Gasteiger partial charge in [-0.25, -0.2) is 0 Å². The molecule has 0 amide bonds. The minimum Gasteiger partial charge on any atom is -0.503 e. The van der Waals surface area contributed by atoms with E-state index in [4.69, 9.17) is 0 Å². The molecule has 1 aliphatic heterocycles. The van der Waals surface area contributed by atoms with E-state index in [0.29, 0.717) is 23.9 Å². The van der Waals surface area contributed by atoms with Crippen molar-refractivity contribution in [2.24, 2.45) is 5.92 Å². The maximum absolute atomic E-state index is 11.9. The Morgan fingerprint density at radius 2 is 2.00 bits per heavy atom. The number of rotatable bonds is 5. The number of aromatic hydroxyl groups is 1. The third-order valence-electron chi connectivity index (χ3n) is 4.34. The third-order valence-corrected chi connectivity index (χ3v) is 4.34. The zero-order valence-electron chi connectivity index (χ0n) is 13.3. The number of likely N-dealkylation sites (tertiary alicyclic amines) is 1. The number of aromatic nitrogens is 1. The molecule has 22 heavy (non-hydrogen) atoms. The van der Waals surface area contributed by atoms with Gasteiger partial charge in [-0.2, -0.15) is 0 Å². The van der Waals surface area contributed by atoms with E-state index in [1.807, 2.05) is 0 Å². The van der Waals surface area contributed by atoms with Crippen LogP contribution in [0.5, 0.6) is 5.75 Å². The van der Waals surface area contributed by atoms with Crippen molar-refractivity contribution >= 4 is 0 Å². The second-order valence-electron chi connectivity index (χ2n) is 6.37. The molecule has 0 aliphatic carbocycles. The highest BCUT2D eigenvalue weighted by Crippen LogP contribution is 2.22. The molecule has 1 saturated heterocycles. The predicted octanol–water partition coefficient (Wildman–Crippen LogP) is 0.659. The summed E-state index contributed by atoms with van der Waals surface area (Å²) in [5.41, 5.74) is 0.419. The van der Waals surface area contributed by atoms with Gasteiger partial charge in [-0.15, -0.1) is 0 Å². The van der Waals surface area contributed by atoms with Crippen LogP contribution in [0.1, 0.15) is 38.1 Å². The van der Waals surface area contributed by atoms with Crippen LogP contribution in [0.4, 0.5) is 0 Å². The Morgan fingerprint density at radius 3 is 2.55 bits per heavy atom. The smallest absolute Gasteiger partial charge is 0.223 e. The second kappa shape index (κ2) is 7.26. The van der Waals surface area contributed by atoms with Crippen molar-refractivity contribution in [3.05, 3.63) is 27.7 Å². The van der Waals surface area contributed by atoms with Crippen LogP contribution in [0.25, 0.3) is 0 Å². The Balaban J connectivity index is 2.34. The summed E-state index contributed by atoms with van der Waals surface area (Å²) in [5.74, 6) is 0.421. The highest BCUT2D eigenvalue weighted by Gasteiger charge is 2.21. The molecule has 2 rings (SSSR count). The van der Waals surface area contributed by atoms with Gasteiger partial charge in [0.15, 0.2) is 5.75 Å². The van der Waals surface area contributed by atoms with Gasteiger partial charge in [-0.05, 0) is 38.8 Å². The molecule has 6 nitrogen and oxygen atoms in total. The molecule has 1 fully saturated rings. The lowest BCUT2D eigenvalue weighted by atomic mass is 9.99. The standard InChI is InChI=1S/C16H26N2O4/c1-11-3-5-17(6-4-11)9-14-16(22)15(21)7-13(10-19)18(14)8-12(2)20/h7,11-12,19-20,22H,3-6,8-10H2,1-2H3. The molecular formula is C16H26N2O4. The van der Waals surface area contributed by atoms with Crippen LogP contribution in [0.15, 0.2) is 10.9 Å². The first-order valence-corrected chi connectivity index (χ1v) is 7.88. The zero-order valence-corrected chi connectivity index (χ0v) is 13.3. The first-order valence-electron chi connectivity index (χ1n) is 7.88. The van der Waals surface area contributed by atoms with Gasteiger partial charge in [-0.3, -0.25) is 9.69 Å². The van der Waals surface area contributed by atoms with E-state index >= 15 is 0 Å². The summed E-state index contributed by atoms with van der Waals surface area (Å²) in [6.45, 7) is 6.11. The van der Waals surface area contributed by atoms with Crippen molar-refractivity contribution in [3.8, 4) is 5.75 Å². The summed E-state index contributed by atoms with van der Waals surface area (Å²) in [4.78, 5) is 14.1. The van der Waals surface area contributed by atoms with Crippen LogP contribution < -0.4 is 5.43 Å². The van der Waals surface area contributed by atoms with Gasteiger partial charge in [0.05, 0.1) is 18.4 Å². The lowest BCUT2D eigenvalue weighted by Gasteiger charge is -2.31. The maximum Gasteiger partial charge on any atom is 0.223 e. The molecule has 2 heterocycles. The summed E-state index contributed by atoms with van der Waals surface area (Å²) in [6.07, 6.45) is 1.56. The maximum atomic E-state index is 11.9. The largest absolute Gasteiger partial charge is 0.503 e. The molecule has 1 unspecified atom stereocenters. The molecule has 1 aliphatic rings. The SMILES string of the molecule is CC(O)Cn1c(CO)cc(=O)c(O)c1CN1CCC(C)CC1. The van der Waals surface area contributed by atoms with Gasteiger partial charge in [-0.1, -0.05) is 6.92 Å². The van der Waals surface area contributed by atoms with E-state index in [2.05, 4.69) is 11.8 Å². The molecule has 0 saturated carbocycles. The van der Waals surface area contributed by atoms with E-state index in [9.17, 15) is 20.1 Å². The predicted molar refractivity (Wildman–Crippen MR) is 83.6 cm³/mol. The fourth-order valence-corrected chi connectivity index (χ4v) is 2.96. The molecule has 0 bridgehead atoms. The van der Waals surface area contributed by atoms with Gasteiger partial charge in [0.25, 0.3) is 0 Å². The Morgan fingerprint density at radius 1 is 1.36 bits per heavy atom. The number of hydrogen-bond donors (Lipinski definition) is 3. The number of aliphatic hydroxyl groups is 2. The first-order chi connectivity index (χ1) is 10.4. The van der Waals surface area contributed by atoms with Gasteiger partial charge in [0.2, 0.25) is 5.43 Å². The number of piperidine rings is 1. The summed E-state index contributed by atoms with van der Waals surface area (Å²) < 4.78 is 1.67. The molecule has 124 valence electrons. The summed E-state index contributed by atoms with van der Waals surface area (Å²) in [7, 11) is 0. The second-order valence-corrected chi connectivity index (χ2v) is 6.37. The van der Waals surface area contributed by atoms with Crippen LogP contribution in [-0.2, 0) is 19.7 Å². The van der Waals surface area contributed by atoms with E-state index in [0.717, 1.165) is 25.9 Å². The van der Waals surface area contributed by atoms with Crippen molar-refractivity contribution < 1.29 is 15.3 Å². The van der Waals surface area contributed by atoms with Gasteiger partial charge < -0.3 is 19.9 Å². The van der Waals surface area contributed by atoms with E-state index < -0.39 is 11.5 Å². The van der Waals surface area contributed by atoms with Crippen molar-refractivity contribution in [3.63, 3.8) is 0 Å². The topological polar surface area (TPSA) is 85.9 Å². The van der Waals surface area contributed by atoms with Crippen molar-refractivity contribution in [1.82, 2.24) is 9.47 Å². The fraction of sp³-hybridized carbons (Fsp3) is 0.688. The Bertz CT molecular complexity index is 560. The van der Waals surface area contributed by atoms with Crippen molar-refractivity contribution in [1.29, 1.82) is 0 Å². The number of nitrogens with zero attached hydrogens (tertiary/aromatic N) is 2. The Hall–Kier alpha value is -1.37. The first kappa shape index (κ1) is 17.0. The average molecular weight is 310 g/mol. The minimum atomic E-state index is -0.632. The van der Waals surface area contributed by atoms with Crippen molar-refractivity contribution in [2.45, 2.75) is 52.5 Å². The molecule has 1 aromatic heterocycles. The van der Waals surface area contributed by atoms with E-state index in [-0.39, 0.29) is 18.9 Å². The van der Waals surface area contributed by atoms with Crippen LogP contribution in [0.2, 0.25) is 0 Å². The fourth-order valence-electron chi connectivity index (χ4n) is 2.96. The minimum absolute atomic E-state index is 0.239. The third kappa shape index (κ3) is 3.88. The van der Waals surface area contributed by atoms with Gasteiger partial charge in [0.1, 0.15) is 0 Å². The van der Waals surface area contributed by atoms with Crippen LogP contribution >= 0.6 is 0 Å². The lowest BCUT2D eigenvalue weighted by Crippen LogP contribution is -2.34. The van der Waals surface area contributed by atoms with E-state index in [1.54, 1.807) is 11.5 Å². The summed E-state index contributed by atoms with van der Waals surface area (Å²) in [5, 5.41) is 29.3. The summed E-state index contributed by atoms with van der Waals surface area (Å²) >= 11 is 0. The molecule has 1 atom stereocenters. The molecule has 0 radical (unpaired) electrons. The van der Waals surface area contributed by atoms with E-state index in [1.165, 1.54) is 6.07 Å².